The Kier molecular flexibility index (Phi) is 3.59. The summed E-state index contributed by atoms with van der Waals surface area (Å²) in [5.41, 5.74) is 7.17. The second-order valence-electron chi connectivity index (χ2n) is 4.62. The number of rotatable bonds is 3. The number of thiophene rings is 1. The van der Waals surface area contributed by atoms with Crippen LogP contribution in [0.5, 0.6) is 0 Å². The molecule has 1 aromatic heterocycles. The molecule has 3 rings (SSSR count). The van der Waals surface area contributed by atoms with E-state index in [1.165, 1.54) is 0 Å². The van der Waals surface area contributed by atoms with Crippen molar-refractivity contribution in [2.45, 2.75) is 6.42 Å². The zero-order chi connectivity index (χ0) is 14.1. The van der Waals surface area contributed by atoms with Crippen molar-refractivity contribution in [2.75, 3.05) is 5.73 Å². The lowest BCUT2D eigenvalue weighted by atomic mass is 10.0. The molecule has 0 radical (unpaired) electrons. The second kappa shape index (κ2) is 5.38. The Hall–Kier alpha value is -1.65. The van der Waals surface area contributed by atoms with E-state index in [0.29, 0.717) is 17.7 Å². The first-order valence-corrected chi connectivity index (χ1v) is 7.85. The van der Waals surface area contributed by atoms with Crippen LogP contribution in [0.2, 0.25) is 0 Å². The van der Waals surface area contributed by atoms with Crippen LogP contribution in [0.3, 0.4) is 0 Å². The minimum absolute atomic E-state index is 0.0580. The molecule has 0 amide bonds. The molecule has 0 atom stereocenters. The van der Waals surface area contributed by atoms with Crippen molar-refractivity contribution in [3.63, 3.8) is 0 Å². The lowest BCUT2D eigenvalue weighted by Gasteiger charge is -2.06. The third kappa shape index (κ3) is 2.62. The molecule has 20 heavy (non-hydrogen) atoms. The highest BCUT2D eigenvalue weighted by atomic mass is 79.9. The molecule has 0 spiro atoms. The van der Waals surface area contributed by atoms with Gasteiger partial charge in [0.15, 0.2) is 5.78 Å². The highest BCUT2D eigenvalue weighted by Gasteiger charge is 2.13. The third-order valence-electron chi connectivity index (χ3n) is 3.17. The van der Waals surface area contributed by atoms with E-state index >= 15 is 0 Å². The average molecular weight is 346 g/mol. The van der Waals surface area contributed by atoms with Gasteiger partial charge >= 0.3 is 0 Å². The predicted octanol–water partition coefficient (Wildman–Crippen LogP) is 4.67. The van der Waals surface area contributed by atoms with Crippen LogP contribution in [0.25, 0.3) is 10.8 Å². The van der Waals surface area contributed by atoms with Gasteiger partial charge in [-0.25, -0.2) is 0 Å². The minimum Gasteiger partial charge on any atom is -0.398 e. The largest absolute Gasteiger partial charge is 0.398 e. The van der Waals surface area contributed by atoms with Crippen LogP contribution in [-0.4, -0.2) is 5.78 Å². The van der Waals surface area contributed by atoms with E-state index in [0.717, 1.165) is 20.1 Å². The normalized spacial score (nSPS) is 10.8. The summed E-state index contributed by atoms with van der Waals surface area (Å²) in [4.78, 5) is 13.4. The van der Waals surface area contributed by atoms with Crippen LogP contribution in [0.4, 0.5) is 5.69 Å². The predicted molar refractivity (Wildman–Crippen MR) is 88.4 cm³/mol. The topological polar surface area (TPSA) is 43.1 Å². The Bertz CT molecular complexity index is 794. The minimum atomic E-state index is 0.0580. The SMILES string of the molecule is Nc1cc2ccccc2cc1C(=O)Cc1cc(Br)cs1. The summed E-state index contributed by atoms with van der Waals surface area (Å²) in [6, 6.07) is 13.6. The summed E-state index contributed by atoms with van der Waals surface area (Å²) >= 11 is 4.97. The number of Topliss-reactive ketones (excluding diaryl/α,β-unsaturated/α-hetero) is 1. The van der Waals surface area contributed by atoms with Gasteiger partial charge in [-0.3, -0.25) is 4.79 Å². The standard InChI is InChI=1S/C16H12BrNOS/c17-12-7-13(20-9-12)8-16(19)14-5-10-3-1-2-4-11(10)6-15(14)18/h1-7,9H,8,18H2. The summed E-state index contributed by atoms with van der Waals surface area (Å²) in [5.74, 6) is 0.0580. The summed E-state index contributed by atoms with van der Waals surface area (Å²) in [6.45, 7) is 0. The van der Waals surface area contributed by atoms with Crippen LogP contribution >= 0.6 is 27.3 Å². The smallest absolute Gasteiger partial charge is 0.170 e. The first-order valence-electron chi connectivity index (χ1n) is 6.18. The van der Waals surface area contributed by atoms with E-state index in [1.54, 1.807) is 11.3 Å². The van der Waals surface area contributed by atoms with Gasteiger partial charge in [0.05, 0.1) is 0 Å². The summed E-state index contributed by atoms with van der Waals surface area (Å²) in [6.07, 6.45) is 0.388. The molecular weight excluding hydrogens is 334 g/mol. The number of ketones is 1. The van der Waals surface area contributed by atoms with Gasteiger partial charge in [-0.2, -0.15) is 0 Å². The van der Waals surface area contributed by atoms with E-state index in [2.05, 4.69) is 15.9 Å². The van der Waals surface area contributed by atoms with Crippen molar-refractivity contribution in [3.8, 4) is 0 Å². The first-order chi connectivity index (χ1) is 9.63. The zero-order valence-electron chi connectivity index (χ0n) is 10.6. The van der Waals surface area contributed by atoms with Crippen LogP contribution in [0.1, 0.15) is 15.2 Å². The summed E-state index contributed by atoms with van der Waals surface area (Å²) < 4.78 is 1.01. The molecule has 0 fully saturated rings. The fraction of sp³-hybridized carbons (Fsp3) is 0.0625. The zero-order valence-corrected chi connectivity index (χ0v) is 13.0. The van der Waals surface area contributed by atoms with Gasteiger partial charge in [0.1, 0.15) is 0 Å². The van der Waals surface area contributed by atoms with Gasteiger partial charge < -0.3 is 5.73 Å². The number of carbonyl (C=O) groups is 1. The second-order valence-corrected chi connectivity index (χ2v) is 6.53. The van der Waals surface area contributed by atoms with Crippen molar-refractivity contribution in [2.24, 2.45) is 0 Å². The van der Waals surface area contributed by atoms with Crippen molar-refractivity contribution in [1.29, 1.82) is 0 Å². The number of benzene rings is 2. The number of nitrogens with two attached hydrogens (primary N) is 1. The highest BCUT2D eigenvalue weighted by molar-refractivity contribution is 9.10. The van der Waals surface area contributed by atoms with Gasteiger partial charge in [-0.05, 0) is 44.9 Å². The van der Waals surface area contributed by atoms with E-state index < -0.39 is 0 Å². The maximum absolute atomic E-state index is 12.4. The third-order valence-corrected chi connectivity index (χ3v) is 4.87. The Morgan fingerprint density at radius 3 is 2.50 bits per heavy atom. The van der Waals surface area contributed by atoms with Gasteiger partial charge in [0.25, 0.3) is 0 Å². The molecule has 0 unspecified atom stereocenters. The monoisotopic (exact) mass is 345 g/mol. The molecule has 100 valence electrons. The molecule has 0 aliphatic rings. The van der Waals surface area contributed by atoms with Crippen LogP contribution < -0.4 is 5.73 Å². The van der Waals surface area contributed by atoms with Crippen molar-refractivity contribution in [1.82, 2.24) is 0 Å². The first kappa shape index (κ1) is 13.3. The maximum Gasteiger partial charge on any atom is 0.170 e. The molecule has 2 N–H and O–H groups in total. The number of hydrogen-bond acceptors (Lipinski definition) is 3. The molecule has 0 aliphatic heterocycles. The Balaban J connectivity index is 1.96. The molecule has 0 saturated carbocycles. The highest BCUT2D eigenvalue weighted by Crippen LogP contribution is 2.25. The molecule has 2 aromatic carbocycles. The van der Waals surface area contributed by atoms with Crippen LogP contribution in [0.15, 0.2) is 52.3 Å². The molecule has 0 saturated heterocycles. The number of nitrogen functional groups attached to an aromatic ring is 1. The average Bonchev–Trinajstić information content (AvgIpc) is 2.83. The maximum atomic E-state index is 12.4. The quantitative estimate of drug-likeness (QED) is 0.553. The number of carbonyl (C=O) groups excluding carboxylic acids is 1. The molecule has 0 bridgehead atoms. The van der Waals surface area contributed by atoms with Gasteiger partial charge in [0.2, 0.25) is 0 Å². The van der Waals surface area contributed by atoms with E-state index in [-0.39, 0.29) is 5.78 Å². The van der Waals surface area contributed by atoms with E-state index in [1.807, 2.05) is 47.8 Å². The Morgan fingerprint density at radius 1 is 1.15 bits per heavy atom. The molecule has 2 nitrogen and oxygen atoms in total. The van der Waals surface area contributed by atoms with E-state index in [9.17, 15) is 4.79 Å². The van der Waals surface area contributed by atoms with Gasteiger partial charge in [-0.15, -0.1) is 11.3 Å². The molecule has 3 aromatic rings. The Labute approximate surface area is 129 Å². The van der Waals surface area contributed by atoms with Crippen molar-refractivity contribution in [3.05, 3.63) is 62.8 Å². The number of fused-ring (bicyclic) bond motifs is 1. The molecule has 0 aliphatic carbocycles. The number of hydrogen-bond donors (Lipinski definition) is 1. The summed E-state index contributed by atoms with van der Waals surface area (Å²) in [7, 11) is 0. The number of halogens is 1. The van der Waals surface area contributed by atoms with Gasteiger partial charge in [0, 0.05) is 32.4 Å². The van der Waals surface area contributed by atoms with Crippen molar-refractivity contribution >= 4 is 49.5 Å². The summed E-state index contributed by atoms with van der Waals surface area (Å²) in [5, 5.41) is 4.07. The van der Waals surface area contributed by atoms with Crippen LogP contribution in [0, 0.1) is 0 Å². The Morgan fingerprint density at radius 2 is 1.85 bits per heavy atom. The van der Waals surface area contributed by atoms with Gasteiger partial charge in [-0.1, -0.05) is 24.3 Å². The molecule has 1 heterocycles. The molecular formula is C16H12BrNOS. The lowest BCUT2D eigenvalue weighted by Crippen LogP contribution is -2.06. The fourth-order valence-corrected chi connectivity index (χ4v) is 3.65. The van der Waals surface area contributed by atoms with Crippen LogP contribution in [-0.2, 0) is 6.42 Å². The van der Waals surface area contributed by atoms with Crippen molar-refractivity contribution < 1.29 is 4.79 Å². The fourth-order valence-electron chi connectivity index (χ4n) is 2.20. The van der Waals surface area contributed by atoms with E-state index in [4.69, 9.17) is 5.73 Å². The number of anilines is 1. The lowest BCUT2D eigenvalue weighted by molar-refractivity contribution is 0.0995. The molecule has 4 heteroatoms.